The van der Waals surface area contributed by atoms with E-state index in [2.05, 4.69) is 6.92 Å². The summed E-state index contributed by atoms with van der Waals surface area (Å²) in [6, 6.07) is 0. The van der Waals surface area contributed by atoms with E-state index >= 15 is 0 Å². The Bertz CT molecular complexity index is 146. The van der Waals surface area contributed by atoms with Crippen LogP contribution in [0, 0.1) is 0 Å². The van der Waals surface area contributed by atoms with Crippen LogP contribution in [0.2, 0.25) is 0 Å². The molecule has 0 bridgehead atoms. The highest BCUT2D eigenvalue weighted by atomic mass is 16.6. The van der Waals surface area contributed by atoms with Gasteiger partial charge in [0, 0.05) is 6.61 Å². The van der Waals surface area contributed by atoms with Gasteiger partial charge in [0.1, 0.15) is 0 Å². The van der Waals surface area contributed by atoms with Crippen molar-refractivity contribution >= 4 is 0 Å². The van der Waals surface area contributed by atoms with E-state index in [1.165, 1.54) is 70.6 Å². The highest BCUT2D eigenvalue weighted by Gasteiger charge is 1.95. The predicted octanol–water partition coefficient (Wildman–Crippen LogP) is 5.04. The first kappa shape index (κ1) is 17.9. The van der Waals surface area contributed by atoms with Gasteiger partial charge in [-0.05, 0) is 13.3 Å². The number of rotatable bonds is 14. The van der Waals surface area contributed by atoms with Crippen molar-refractivity contribution in [2.75, 3.05) is 6.61 Å². The van der Waals surface area contributed by atoms with Gasteiger partial charge in [0.25, 0.3) is 0 Å². The molecule has 0 aliphatic carbocycles. The molecular formula is C16H34O2. The van der Waals surface area contributed by atoms with Gasteiger partial charge in [0.2, 0.25) is 0 Å². The molecule has 2 nitrogen and oxygen atoms in total. The largest absolute Gasteiger partial charge is 0.368 e. The van der Waals surface area contributed by atoms with E-state index in [0.29, 0.717) is 6.61 Å². The molecule has 0 rings (SSSR count). The minimum Gasteiger partial charge on any atom is -0.368 e. The first-order chi connectivity index (χ1) is 8.77. The SMILES string of the molecule is CCCCCCCCCCCCCCOC(C)O. The first-order valence-electron chi connectivity index (χ1n) is 8.07. The number of aliphatic hydroxyl groups excluding tert-OH is 1. The molecule has 0 saturated carbocycles. The summed E-state index contributed by atoms with van der Waals surface area (Å²) in [7, 11) is 0. The molecule has 0 aromatic rings. The van der Waals surface area contributed by atoms with Crippen LogP contribution in [0.1, 0.15) is 90.9 Å². The lowest BCUT2D eigenvalue weighted by molar-refractivity contribution is -0.0859. The van der Waals surface area contributed by atoms with E-state index in [4.69, 9.17) is 9.84 Å². The number of unbranched alkanes of at least 4 members (excludes halogenated alkanes) is 11. The summed E-state index contributed by atoms with van der Waals surface area (Å²) in [5, 5.41) is 8.91. The van der Waals surface area contributed by atoms with Crippen molar-refractivity contribution in [1.82, 2.24) is 0 Å². The maximum absolute atomic E-state index is 8.91. The van der Waals surface area contributed by atoms with Gasteiger partial charge in [-0.25, -0.2) is 0 Å². The Kier molecular flexibility index (Phi) is 14.9. The van der Waals surface area contributed by atoms with Gasteiger partial charge in [-0.3, -0.25) is 0 Å². The quantitative estimate of drug-likeness (QED) is 0.349. The minimum atomic E-state index is -0.599. The fraction of sp³-hybridized carbons (Fsp3) is 1.00. The third-order valence-electron chi connectivity index (χ3n) is 3.36. The maximum Gasteiger partial charge on any atom is 0.151 e. The molecule has 0 saturated heterocycles. The molecule has 18 heavy (non-hydrogen) atoms. The first-order valence-corrected chi connectivity index (χ1v) is 8.07. The highest BCUT2D eigenvalue weighted by molar-refractivity contribution is 4.48. The number of hydrogen-bond donors (Lipinski definition) is 1. The predicted molar refractivity (Wildman–Crippen MR) is 78.7 cm³/mol. The van der Waals surface area contributed by atoms with Gasteiger partial charge < -0.3 is 9.84 Å². The lowest BCUT2D eigenvalue weighted by atomic mass is 10.1. The zero-order valence-corrected chi connectivity index (χ0v) is 12.6. The molecule has 0 heterocycles. The Labute approximate surface area is 114 Å². The van der Waals surface area contributed by atoms with Crippen molar-refractivity contribution in [3.05, 3.63) is 0 Å². The standard InChI is InChI=1S/C16H34O2/c1-3-4-5-6-7-8-9-10-11-12-13-14-15-18-16(2)17/h16-17H,3-15H2,1-2H3. The van der Waals surface area contributed by atoms with Gasteiger partial charge >= 0.3 is 0 Å². The number of aliphatic hydroxyl groups is 1. The Morgan fingerprint density at radius 1 is 0.722 bits per heavy atom. The summed E-state index contributed by atoms with van der Waals surface area (Å²) in [6.45, 7) is 4.64. The zero-order chi connectivity index (χ0) is 13.5. The fourth-order valence-electron chi connectivity index (χ4n) is 2.20. The van der Waals surface area contributed by atoms with Gasteiger partial charge in [0.15, 0.2) is 6.29 Å². The van der Waals surface area contributed by atoms with Gasteiger partial charge in [-0.15, -0.1) is 0 Å². The van der Waals surface area contributed by atoms with Crippen molar-refractivity contribution in [3.8, 4) is 0 Å². The van der Waals surface area contributed by atoms with Crippen molar-refractivity contribution in [3.63, 3.8) is 0 Å². The zero-order valence-electron chi connectivity index (χ0n) is 12.6. The Morgan fingerprint density at radius 3 is 1.50 bits per heavy atom. The van der Waals surface area contributed by atoms with Crippen LogP contribution < -0.4 is 0 Å². The average Bonchev–Trinajstić information content (AvgIpc) is 2.34. The third-order valence-corrected chi connectivity index (χ3v) is 3.36. The van der Waals surface area contributed by atoms with Crippen LogP contribution >= 0.6 is 0 Å². The summed E-state index contributed by atoms with van der Waals surface area (Å²) in [6.07, 6.45) is 15.7. The van der Waals surface area contributed by atoms with Crippen LogP contribution in [0.25, 0.3) is 0 Å². The van der Waals surface area contributed by atoms with E-state index in [-0.39, 0.29) is 0 Å². The van der Waals surface area contributed by atoms with E-state index in [0.717, 1.165) is 6.42 Å². The fourth-order valence-corrected chi connectivity index (χ4v) is 2.20. The molecule has 1 unspecified atom stereocenters. The molecular weight excluding hydrogens is 224 g/mol. The van der Waals surface area contributed by atoms with Crippen molar-refractivity contribution in [1.29, 1.82) is 0 Å². The molecule has 1 N–H and O–H groups in total. The second-order valence-electron chi connectivity index (χ2n) is 5.36. The average molecular weight is 258 g/mol. The van der Waals surface area contributed by atoms with E-state index in [1.54, 1.807) is 6.92 Å². The smallest absolute Gasteiger partial charge is 0.151 e. The maximum atomic E-state index is 8.91. The van der Waals surface area contributed by atoms with Crippen molar-refractivity contribution in [2.45, 2.75) is 97.2 Å². The second-order valence-corrected chi connectivity index (χ2v) is 5.36. The molecule has 0 aliphatic heterocycles. The van der Waals surface area contributed by atoms with Gasteiger partial charge in [-0.2, -0.15) is 0 Å². The summed E-state index contributed by atoms with van der Waals surface area (Å²) in [4.78, 5) is 0. The van der Waals surface area contributed by atoms with Crippen LogP contribution in [-0.2, 0) is 4.74 Å². The molecule has 0 aromatic heterocycles. The van der Waals surface area contributed by atoms with Crippen LogP contribution in [-0.4, -0.2) is 18.0 Å². The normalized spacial score (nSPS) is 12.8. The van der Waals surface area contributed by atoms with Crippen molar-refractivity contribution in [2.24, 2.45) is 0 Å². The monoisotopic (exact) mass is 258 g/mol. The third kappa shape index (κ3) is 15.9. The molecule has 2 heteroatoms. The molecule has 0 aliphatic rings. The Morgan fingerprint density at radius 2 is 1.11 bits per heavy atom. The summed E-state index contributed by atoms with van der Waals surface area (Å²) >= 11 is 0. The number of ether oxygens (including phenoxy) is 1. The topological polar surface area (TPSA) is 29.5 Å². The highest BCUT2D eigenvalue weighted by Crippen LogP contribution is 2.11. The molecule has 0 amide bonds. The van der Waals surface area contributed by atoms with E-state index in [1.807, 2.05) is 0 Å². The molecule has 1 atom stereocenters. The summed E-state index contributed by atoms with van der Waals surface area (Å²) in [5.74, 6) is 0. The minimum absolute atomic E-state index is 0.599. The molecule has 0 aromatic carbocycles. The lowest BCUT2D eigenvalue weighted by Crippen LogP contribution is -2.06. The van der Waals surface area contributed by atoms with Gasteiger partial charge in [0.05, 0.1) is 0 Å². The van der Waals surface area contributed by atoms with Crippen LogP contribution in [0.15, 0.2) is 0 Å². The van der Waals surface area contributed by atoms with Crippen LogP contribution in [0.4, 0.5) is 0 Å². The van der Waals surface area contributed by atoms with Gasteiger partial charge in [-0.1, -0.05) is 77.6 Å². The van der Waals surface area contributed by atoms with Crippen LogP contribution in [0.3, 0.4) is 0 Å². The summed E-state index contributed by atoms with van der Waals surface area (Å²) < 4.78 is 5.09. The Hall–Kier alpha value is -0.0800. The Balaban J connectivity index is 2.90. The lowest BCUT2D eigenvalue weighted by Gasteiger charge is -2.06. The van der Waals surface area contributed by atoms with E-state index < -0.39 is 6.29 Å². The molecule has 0 radical (unpaired) electrons. The molecule has 110 valence electrons. The molecule has 0 fully saturated rings. The van der Waals surface area contributed by atoms with Crippen molar-refractivity contribution < 1.29 is 9.84 Å². The number of hydrogen-bond acceptors (Lipinski definition) is 2. The van der Waals surface area contributed by atoms with E-state index in [9.17, 15) is 0 Å². The summed E-state index contributed by atoms with van der Waals surface area (Å²) in [5.41, 5.74) is 0. The van der Waals surface area contributed by atoms with Crippen LogP contribution in [0.5, 0.6) is 0 Å². The molecule has 0 spiro atoms. The second kappa shape index (κ2) is 15.0.